The predicted molar refractivity (Wildman–Crippen MR) is 47.1 cm³/mol. The molecular weight excluding hydrogens is 166 g/mol. The first-order valence-corrected chi connectivity index (χ1v) is 4.08. The van der Waals surface area contributed by atoms with Crippen LogP contribution < -0.4 is 4.74 Å². The summed E-state index contributed by atoms with van der Waals surface area (Å²) in [5.74, 6) is 0.729. The summed E-state index contributed by atoms with van der Waals surface area (Å²) in [7, 11) is 0. The van der Waals surface area contributed by atoms with E-state index in [2.05, 4.69) is 9.97 Å². The molecule has 0 bridgehead atoms. The summed E-state index contributed by atoms with van der Waals surface area (Å²) in [5, 5.41) is 8.65. The fraction of sp³-hybridized carbons (Fsp3) is 0.444. The van der Waals surface area contributed by atoms with Crippen LogP contribution in [0.4, 0.5) is 0 Å². The van der Waals surface area contributed by atoms with Crippen LogP contribution in [0.2, 0.25) is 0 Å². The molecule has 0 aliphatic rings. The molecular formula is C9H11N3O. The normalized spacial score (nSPS) is 9.69. The molecule has 0 aliphatic carbocycles. The van der Waals surface area contributed by atoms with E-state index in [1.54, 1.807) is 0 Å². The molecule has 0 atom stereocenters. The Morgan fingerprint density at radius 1 is 1.46 bits per heavy atom. The Kier molecular flexibility index (Phi) is 3.21. The van der Waals surface area contributed by atoms with E-state index in [-0.39, 0.29) is 5.69 Å². The highest BCUT2D eigenvalue weighted by Gasteiger charge is 2.05. The minimum Gasteiger partial charge on any atom is -0.475 e. The molecule has 13 heavy (non-hydrogen) atoms. The van der Waals surface area contributed by atoms with Gasteiger partial charge in [-0.15, -0.1) is 0 Å². The van der Waals surface area contributed by atoms with E-state index in [0.717, 1.165) is 0 Å². The van der Waals surface area contributed by atoms with Gasteiger partial charge >= 0.3 is 0 Å². The predicted octanol–water partition coefficient (Wildman–Crippen LogP) is 1.38. The number of hydrogen-bond donors (Lipinski definition) is 0. The molecule has 1 heterocycles. The average Bonchev–Trinajstić information content (AvgIpc) is 2.15. The van der Waals surface area contributed by atoms with Gasteiger partial charge in [-0.25, -0.2) is 9.97 Å². The number of aromatic nitrogens is 2. The van der Waals surface area contributed by atoms with Crippen LogP contribution in [-0.4, -0.2) is 16.6 Å². The van der Waals surface area contributed by atoms with Gasteiger partial charge in [0, 0.05) is 12.4 Å². The van der Waals surface area contributed by atoms with Crippen LogP contribution in [0.5, 0.6) is 5.88 Å². The molecule has 4 nitrogen and oxygen atoms in total. The quantitative estimate of drug-likeness (QED) is 0.699. The molecule has 0 radical (unpaired) electrons. The first-order chi connectivity index (χ1) is 6.24. The van der Waals surface area contributed by atoms with Gasteiger partial charge in [0.1, 0.15) is 6.07 Å². The summed E-state index contributed by atoms with van der Waals surface area (Å²) in [6.45, 7) is 4.61. The summed E-state index contributed by atoms with van der Waals surface area (Å²) in [6, 6.07) is 1.92. The zero-order chi connectivity index (χ0) is 9.68. The highest BCUT2D eigenvalue weighted by molar-refractivity contribution is 5.29. The maximum absolute atomic E-state index is 8.65. The van der Waals surface area contributed by atoms with Gasteiger partial charge in [-0.1, -0.05) is 13.8 Å². The molecule has 1 aromatic rings. The van der Waals surface area contributed by atoms with Crippen molar-refractivity contribution in [3.8, 4) is 11.9 Å². The molecule has 4 heteroatoms. The van der Waals surface area contributed by atoms with Gasteiger partial charge in [-0.2, -0.15) is 5.26 Å². The first-order valence-electron chi connectivity index (χ1n) is 4.08. The van der Waals surface area contributed by atoms with Crippen molar-refractivity contribution in [3.05, 3.63) is 18.1 Å². The Bertz CT molecular complexity index is 317. The van der Waals surface area contributed by atoms with Gasteiger partial charge in [0.15, 0.2) is 0 Å². The minimum absolute atomic E-state index is 0.239. The van der Waals surface area contributed by atoms with Crippen molar-refractivity contribution < 1.29 is 4.74 Å². The highest BCUT2D eigenvalue weighted by atomic mass is 16.5. The van der Waals surface area contributed by atoms with E-state index in [4.69, 9.17) is 10.00 Å². The zero-order valence-corrected chi connectivity index (χ0v) is 7.69. The Morgan fingerprint density at radius 3 is 2.77 bits per heavy atom. The van der Waals surface area contributed by atoms with Crippen molar-refractivity contribution in [2.24, 2.45) is 5.92 Å². The summed E-state index contributed by atoms with van der Waals surface area (Å²) >= 11 is 0. The van der Waals surface area contributed by atoms with E-state index in [0.29, 0.717) is 18.4 Å². The molecule has 1 rings (SSSR count). The van der Waals surface area contributed by atoms with Gasteiger partial charge in [-0.3, -0.25) is 0 Å². The monoisotopic (exact) mass is 177 g/mol. The number of hydrogen-bond acceptors (Lipinski definition) is 4. The topological polar surface area (TPSA) is 58.8 Å². The lowest BCUT2D eigenvalue weighted by Gasteiger charge is -2.07. The average molecular weight is 177 g/mol. The smallest absolute Gasteiger partial charge is 0.251 e. The number of ether oxygens (including phenoxy) is 1. The SMILES string of the molecule is CC(C)COc1nccnc1C#N. The molecule has 0 fully saturated rings. The Morgan fingerprint density at radius 2 is 2.15 bits per heavy atom. The van der Waals surface area contributed by atoms with Crippen LogP contribution in [0.15, 0.2) is 12.4 Å². The van der Waals surface area contributed by atoms with Crippen molar-refractivity contribution in [1.82, 2.24) is 9.97 Å². The molecule has 1 aromatic heterocycles. The van der Waals surface area contributed by atoms with Crippen molar-refractivity contribution in [1.29, 1.82) is 5.26 Å². The van der Waals surface area contributed by atoms with Crippen molar-refractivity contribution in [3.63, 3.8) is 0 Å². The first kappa shape index (κ1) is 9.46. The number of nitriles is 1. The lowest BCUT2D eigenvalue weighted by molar-refractivity contribution is 0.259. The molecule has 0 N–H and O–H groups in total. The van der Waals surface area contributed by atoms with E-state index in [9.17, 15) is 0 Å². The summed E-state index contributed by atoms with van der Waals surface area (Å²) in [6.07, 6.45) is 2.98. The fourth-order valence-corrected chi connectivity index (χ4v) is 0.753. The van der Waals surface area contributed by atoms with E-state index < -0.39 is 0 Å². The third kappa shape index (κ3) is 2.71. The maximum Gasteiger partial charge on any atom is 0.251 e. The number of rotatable bonds is 3. The molecule has 0 aliphatic heterocycles. The number of nitrogens with zero attached hydrogens (tertiary/aromatic N) is 3. The minimum atomic E-state index is 0.239. The van der Waals surface area contributed by atoms with Crippen LogP contribution >= 0.6 is 0 Å². The Balaban J connectivity index is 2.71. The molecule has 0 saturated heterocycles. The van der Waals surface area contributed by atoms with Gasteiger partial charge < -0.3 is 4.74 Å². The van der Waals surface area contributed by atoms with Gasteiger partial charge in [0.25, 0.3) is 5.88 Å². The zero-order valence-electron chi connectivity index (χ0n) is 7.69. The van der Waals surface area contributed by atoms with Crippen molar-refractivity contribution in [2.45, 2.75) is 13.8 Å². The molecule has 0 spiro atoms. The Labute approximate surface area is 77.2 Å². The second kappa shape index (κ2) is 4.41. The maximum atomic E-state index is 8.65. The molecule has 0 saturated carbocycles. The second-order valence-electron chi connectivity index (χ2n) is 3.03. The molecule has 68 valence electrons. The molecule has 0 amide bonds. The lowest BCUT2D eigenvalue weighted by atomic mass is 10.2. The van der Waals surface area contributed by atoms with Crippen LogP contribution in [0.25, 0.3) is 0 Å². The lowest BCUT2D eigenvalue weighted by Crippen LogP contribution is -2.07. The highest BCUT2D eigenvalue weighted by Crippen LogP contribution is 2.10. The van der Waals surface area contributed by atoms with Gasteiger partial charge in [0.05, 0.1) is 6.61 Å². The van der Waals surface area contributed by atoms with Crippen molar-refractivity contribution in [2.75, 3.05) is 6.61 Å². The molecule has 0 aromatic carbocycles. The van der Waals surface area contributed by atoms with Crippen LogP contribution in [0.3, 0.4) is 0 Å². The third-order valence-electron chi connectivity index (χ3n) is 1.32. The van der Waals surface area contributed by atoms with Crippen LogP contribution in [0, 0.1) is 17.2 Å². The third-order valence-corrected chi connectivity index (χ3v) is 1.32. The fourth-order valence-electron chi connectivity index (χ4n) is 0.753. The van der Waals surface area contributed by atoms with Crippen LogP contribution in [0.1, 0.15) is 19.5 Å². The standard InChI is InChI=1S/C9H11N3O/c1-7(2)6-13-9-8(5-10)11-3-4-12-9/h3-4,7H,6H2,1-2H3. The molecule has 0 unspecified atom stereocenters. The summed E-state index contributed by atoms with van der Waals surface area (Å²) in [4.78, 5) is 7.74. The van der Waals surface area contributed by atoms with E-state index >= 15 is 0 Å². The second-order valence-corrected chi connectivity index (χ2v) is 3.03. The van der Waals surface area contributed by atoms with Crippen LogP contribution in [-0.2, 0) is 0 Å². The summed E-state index contributed by atoms with van der Waals surface area (Å²) in [5.41, 5.74) is 0.239. The van der Waals surface area contributed by atoms with E-state index in [1.165, 1.54) is 12.4 Å². The van der Waals surface area contributed by atoms with Gasteiger partial charge in [0.2, 0.25) is 5.69 Å². The van der Waals surface area contributed by atoms with Gasteiger partial charge in [-0.05, 0) is 5.92 Å². The van der Waals surface area contributed by atoms with E-state index in [1.807, 2.05) is 19.9 Å². The largest absolute Gasteiger partial charge is 0.475 e. The van der Waals surface area contributed by atoms with Crippen molar-refractivity contribution >= 4 is 0 Å². The Hall–Kier alpha value is -1.63. The summed E-state index contributed by atoms with van der Waals surface area (Å²) < 4.78 is 5.29.